The molecule has 2 aliphatic carbocycles. The minimum atomic E-state index is -0.521. The van der Waals surface area contributed by atoms with Crippen molar-refractivity contribution in [3.05, 3.63) is 28.8 Å². The lowest BCUT2D eigenvalue weighted by Gasteiger charge is -2.25. The average Bonchev–Trinajstić information content (AvgIpc) is 3.25. The van der Waals surface area contributed by atoms with Gasteiger partial charge in [-0.25, -0.2) is 4.79 Å². The van der Waals surface area contributed by atoms with Crippen molar-refractivity contribution in [2.24, 2.45) is 5.73 Å². The normalized spacial score (nSPS) is 21.1. The van der Waals surface area contributed by atoms with Crippen LogP contribution in [0.4, 0.5) is 10.5 Å². The van der Waals surface area contributed by atoms with Gasteiger partial charge in [0.1, 0.15) is 5.60 Å². The van der Waals surface area contributed by atoms with Crippen molar-refractivity contribution in [3.8, 4) is 0 Å². The summed E-state index contributed by atoms with van der Waals surface area (Å²) in [5.74, 6) is 0. The molecule has 0 saturated heterocycles. The Hall–Kier alpha value is -1.26. The quantitative estimate of drug-likeness (QED) is 0.876. The van der Waals surface area contributed by atoms with Crippen LogP contribution in [0.2, 0.25) is 5.02 Å². The van der Waals surface area contributed by atoms with Crippen LogP contribution in [0, 0.1) is 0 Å². The highest BCUT2D eigenvalue weighted by molar-refractivity contribution is 6.31. The second-order valence-electron chi connectivity index (χ2n) is 7.56. The monoisotopic (exact) mass is 322 g/mol. The fourth-order valence-electron chi connectivity index (χ4n) is 3.16. The van der Waals surface area contributed by atoms with Gasteiger partial charge in [-0.3, -0.25) is 5.32 Å². The Morgan fingerprint density at radius 1 is 1.27 bits per heavy atom. The topological polar surface area (TPSA) is 64.3 Å². The number of hydrogen-bond acceptors (Lipinski definition) is 3. The van der Waals surface area contributed by atoms with Gasteiger partial charge in [-0.1, -0.05) is 11.6 Å². The Kier molecular flexibility index (Phi) is 3.46. The van der Waals surface area contributed by atoms with Crippen LogP contribution >= 0.6 is 11.6 Å². The third-order valence-electron chi connectivity index (χ3n) is 4.62. The third kappa shape index (κ3) is 2.82. The van der Waals surface area contributed by atoms with E-state index in [0.717, 1.165) is 36.3 Å². The Labute approximate surface area is 136 Å². The van der Waals surface area contributed by atoms with E-state index in [1.165, 1.54) is 0 Å². The van der Waals surface area contributed by atoms with Gasteiger partial charge in [-0.15, -0.1) is 0 Å². The first-order chi connectivity index (χ1) is 10.2. The summed E-state index contributed by atoms with van der Waals surface area (Å²) in [7, 11) is 0. The summed E-state index contributed by atoms with van der Waals surface area (Å²) < 4.78 is 5.28. The number of benzene rings is 1. The van der Waals surface area contributed by atoms with Crippen molar-refractivity contribution in [1.82, 2.24) is 0 Å². The molecule has 5 heteroatoms. The number of rotatable bonds is 3. The highest BCUT2D eigenvalue weighted by Gasteiger charge is 2.64. The van der Waals surface area contributed by atoms with Crippen LogP contribution in [0.15, 0.2) is 18.2 Å². The summed E-state index contributed by atoms with van der Waals surface area (Å²) >= 11 is 6.40. The molecular formula is C17H23ClN2O2. The summed E-state index contributed by atoms with van der Waals surface area (Å²) in [6, 6.07) is 5.57. The first-order valence-corrected chi connectivity index (χ1v) is 8.12. The first-order valence-electron chi connectivity index (χ1n) is 7.74. The minimum Gasteiger partial charge on any atom is -0.444 e. The van der Waals surface area contributed by atoms with Crippen LogP contribution in [-0.4, -0.2) is 17.2 Å². The molecule has 0 spiro atoms. The van der Waals surface area contributed by atoms with Crippen LogP contribution in [0.1, 0.15) is 52.0 Å². The van der Waals surface area contributed by atoms with E-state index in [-0.39, 0.29) is 11.0 Å². The average molecular weight is 323 g/mol. The number of amides is 1. The zero-order valence-electron chi connectivity index (χ0n) is 13.3. The van der Waals surface area contributed by atoms with Gasteiger partial charge in [0.25, 0.3) is 0 Å². The van der Waals surface area contributed by atoms with Crippen LogP contribution in [0.5, 0.6) is 0 Å². The predicted molar refractivity (Wildman–Crippen MR) is 88.4 cm³/mol. The number of halogens is 1. The summed E-state index contributed by atoms with van der Waals surface area (Å²) in [6.45, 7) is 5.51. The van der Waals surface area contributed by atoms with E-state index >= 15 is 0 Å². The van der Waals surface area contributed by atoms with Crippen molar-refractivity contribution >= 4 is 23.4 Å². The van der Waals surface area contributed by atoms with E-state index in [1.807, 2.05) is 32.9 Å². The molecule has 2 aliphatic rings. The second kappa shape index (κ2) is 4.87. The van der Waals surface area contributed by atoms with E-state index in [1.54, 1.807) is 6.07 Å². The molecule has 3 N–H and O–H groups in total. The van der Waals surface area contributed by atoms with Gasteiger partial charge in [0.05, 0.1) is 0 Å². The number of carbonyl (C=O) groups excluding carboxylic acids is 1. The second-order valence-corrected chi connectivity index (χ2v) is 7.97. The fourth-order valence-corrected chi connectivity index (χ4v) is 3.46. The number of nitrogens with one attached hydrogen (secondary N) is 1. The molecule has 0 bridgehead atoms. The zero-order chi connectivity index (χ0) is 16.2. The van der Waals surface area contributed by atoms with E-state index in [0.29, 0.717) is 5.69 Å². The van der Waals surface area contributed by atoms with Crippen molar-refractivity contribution in [2.45, 2.75) is 63.0 Å². The van der Waals surface area contributed by atoms with Crippen molar-refractivity contribution in [2.75, 3.05) is 5.32 Å². The highest BCUT2D eigenvalue weighted by atomic mass is 35.5. The maximum absolute atomic E-state index is 11.9. The SMILES string of the molecule is CC(C)(C)OC(=O)Nc1ccc(Cl)c(C2(C3(N)CC3)CC2)c1. The molecule has 0 heterocycles. The smallest absolute Gasteiger partial charge is 0.412 e. The van der Waals surface area contributed by atoms with Crippen molar-refractivity contribution in [3.63, 3.8) is 0 Å². The Balaban J connectivity index is 1.81. The maximum atomic E-state index is 11.9. The summed E-state index contributed by atoms with van der Waals surface area (Å²) in [5, 5.41) is 3.50. The molecule has 1 amide bonds. The van der Waals surface area contributed by atoms with Gasteiger partial charge >= 0.3 is 6.09 Å². The van der Waals surface area contributed by atoms with Gasteiger partial charge in [-0.05, 0) is 70.2 Å². The van der Waals surface area contributed by atoms with E-state index in [4.69, 9.17) is 22.1 Å². The molecule has 1 aromatic carbocycles. The molecule has 0 atom stereocenters. The Morgan fingerprint density at radius 3 is 2.41 bits per heavy atom. The minimum absolute atomic E-state index is 0.00426. The third-order valence-corrected chi connectivity index (χ3v) is 4.95. The molecule has 1 aromatic rings. The van der Waals surface area contributed by atoms with Crippen molar-refractivity contribution in [1.29, 1.82) is 0 Å². The first kappa shape index (κ1) is 15.6. The van der Waals surface area contributed by atoms with Gasteiger partial charge in [0.15, 0.2) is 0 Å². The summed E-state index contributed by atoms with van der Waals surface area (Å²) in [4.78, 5) is 11.9. The van der Waals surface area contributed by atoms with E-state index < -0.39 is 11.7 Å². The lowest BCUT2D eigenvalue weighted by Crippen LogP contribution is -2.37. The van der Waals surface area contributed by atoms with Gasteiger partial charge in [0, 0.05) is 21.7 Å². The molecule has 2 saturated carbocycles. The largest absolute Gasteiger partial charge is 0.444 e. The standard InChI is InChI=1S/C17H23ClN2O2/c1-15(2,3)22-14(21)20-11-4-5-13(18)12(10-11)16(6-7-16)17(19)8-9-17/h4-5,10H,6-9,19H2,1-3H3,(H,20,21). The maximum Gasteiger partial charge on any atom is 0.412 e. The van der Waals surface area contributed by atoms with Gasteiger partial charge < -0.3 is 10.5 Å². The Morgan fingerprint density at radius 2 is 1.91 bits per heavy atom. The van der Waals surface area contributed by atoms with E-state index in [2.05, 4.69) is 5.32 Å². The molecule has 4 nitrogen and oxygen atoms in total. The predicted octanol–water partition coefficient (Wildman–Crippen LogP) is 4.21. The number of ether oxygens (including phenoxy) is 1. The van der Waals surface area contributed by atoms with Crippen LogP contribution < -0.4 is 11.1 Å². The molecule has 0 unspecified atom stereocenters. The molecule has 22 heavy (non-hydrogen) atoms. The molecule has 0 radical (unpaired) electrons. The van der Waals surface area contributed by atoms with Crippen LogP contribution in [-0.2, 0) is 10.2 Å². The summed E-state index contributed by atoms with van der Waals surface area (Å²) in [6.07, 6.45) is 3.78. The number of carbonyl (C=O) groups is 1. The number of nitrogens with two attached hydrogens (primary N) is 1. The van der Waals surface area contributed by atoms with Crippen LogP contribution in [0.3, 0.4) is 0 Å². The molecule has 3 rings (SSSR count). The molecular weight excluding hydrogens is 300 g/mol. The number of anilines is 1. The number of hydrogen-bond donors (Lipinski definition) is 2. The van der Waals surface area contributed by atoms with E-state index in [9.17, 15) is 4.79 Å². The molecule has 0 aliphatic heterocycles. The van der Waals surface area contributed by atoms with Gasteiger partial charge in [0.2, 0.25) is 0 Å². The lowest BCUT2D eigenvalue weighted by atomic mass is 9.86. The van der Waals surface area contributed by atoms with Gasteiger partial charge in [-0.2, -0.15) is 0 Å². The molecule has 2 fully saturated rings. The molecule has 0 aromatic heterocycles. The fraction of sp³-hybridized carbons (Fsp3) is 0.588. The van der Waals surface area contributed by atoms with Crippen molar-refractivity contribution < 1.29 is 9.53 Å². The Bertz CT molecular complexity index is 614. The zero-order valence-corrected chi connectivity index (χ0v) is 14.1. The molecule has 120 valence electrons. The highest BCUT2D eigenvalue weighted by Crippen LogP contribution is 2.64. The lowest BCUT2D eigenvalue weighted by molar-refractivity contribution is 0.0636. The summed E-state index contributed by atoms with van der Waals surface area (Å²) in [5.41, 5.74) is 7.57. The van der Waals surface area contributed by atoms with Crippen LogP contribution in [0.25, 0.3) is 0 Å².